The van der Waals surface area contributed by atoms with Gasteiger partial charge in [-0.1, -0.05) is 20.8 Å². The summed E-state index contributed by atoms with van der Waals surface area (Å²) in [7, 11) is 0. The molecule has 0 aromatic rings. The van der Waals surface area contributed by atoms with Crippen LogP contribution in [0.2, 0.25) is 0 Å². The van der Waals surface area contributed by atoms with Crippen molar-refractivity contribution < 1.29 is 14.7 Å². The number of carbonyl (C=O) groups is 2. The van der Waals surface area contributed by atoms with Crippen molar-refractivity contribution in [2.75, 3.05) is 0 Å². The van der Waals surface area contributed by atoms with Gasteiger partial charge in [-0.05, 0) is 18.8 Å². The quantitative estimate of drug-likeness (QED) is 0.682. The Balaban J connectivity index is 3.85. The zero-order valence-corrected chi connectivity index (χ0v) is 9.04. The molecule has 0 spiro atoms. The van der Waals surface area contributed by atoms with Crippen LogP contribution in [-0.4, -0.2) is 23.0 Å². The third-order valence-electron chi connectivity index (χ3n) is 1.99. The van der Waals surface area contributed by atoms with Crippen LogP contribution in [0.15, 0.2) is 0 Å². The van der Waals surface area contributed by atoms with Crippen LogP contribution in [0.4, 0.5) is 0 Å². The first kappa shape index (κ1) is 12.9. The number of rotatable bonds is 6. The van der Waals surface area contributed by atoms with E-state index >= 15 is 0 Å². The molecule has 0 aromatic carbocycles. The molecule has 0 aromatic heterocycles. The van der Waals surface area contributed by atoms with Gasteiger partial charge in [0.05, 0.1) is 0 Å². The van der Waals surface area contributed by atoms with Crippen molar-refractivity contribution in [1.29, 1.82) is 0 Å². The predicted molar refractivity (Wildman–Crippen MR) is 53.9 cm³/mol. The van der Waals surface area contributed by atoms with Crippen molar-refractivity contribution in [3.8, 4) is 0 Å². The smallest absolute Gasteiger partial charge is 0.326 e. The number of carbonyl (C=O) groups excluding carboxylic acids is 1. The van der Waals surface area contributed by atoms with E-state index in [0.717, 1.165) is 6.42 Å². The van der Waals surface area contributed by atoms with Crippen molar-refractivity contribution in [1.82, 2.24) is 5.32 Å². The highest BCUT2D eigenvalue weighted by Gasteiger charge is 2.16. The summed E-state index contributed by atoms with van der Waals surface area (Å²) in [5.74, 6) is -0.677. The zero-order chi connectivity index (χ0) is 11.1. The Morgan fingerprint density at radius 2 is 1.93 bits per heavy atom. The number of hydrogen-bond donors (Lipinski definition) is 2. The molecule has 82 valence electrons. The van der Waals surface area contributed by atoms with Gasteiger partial charge in [0.15, 0.2) is 0 Å². The molecular weight excluding hydrogens is 182 g/mol. The molecule has 0 aliphatic carbocycles. The monoisotopic (exact) mass is 201 g/mol. The lowest BCUT2D eigenvalue weighted by atomic mass is 10.1. The van der Waals surface area contributed by atoms with Gasteiger partial charge in [-0.3, -0.25) is 4.79 Å². The largest absolute Gasteiger partial charge is 0.480 e. The number of hydrogen-bond acceptors (Lipinski definition) is 2. The fourth-order valence-corrected chi connectivity index (χ4v) is 1.02. The fraction of sp³-hybridized carbons (Fsp3) is 0.800. The van der Waals surface area contributed by atoms with Crippen LogP contribution < -0.4 is 5.32 Å². The second kappa shape index (κ2) is 6.40. The molecule has 4 nitrogen and oxygen atoms in total. The summed E-state index contributed by atoms with van der Waals surface area (Å²) < 4.78 is 0. The summed E-state index contributed by atoms with van der Waals surface area (Å²) in [6, 6.07) is -0.741. The third-order valence-corrected chi connectivity index (χ3v) is 1.99. The molecule has 2 N–H and O–H groups in total. The number of aliphatic carboxylic acids is 1. The SMILES string of the molecule is CCC(NC(=O)CCC(C)C)C(=O)O. The lowest BCUT2D eigenvalue weighted by Gasteiger charge is -2.12. The van der Waals surface area contributed by atoms with E-state index in [1.807, 2.05) is 13.8 Å². The molecule has 0 heterocycles. The van der Waals surface area contributed by atoms with Gasteiger partial charge >= 0.3 is 5.97 Å². The van der Waals surface area contributed by atoms with Gasteiger partial charge in [-0.2, -0.15) is 0 Å². The van der Waals surface area contributed by atoms with Gasteiger partial charge in [0.25, 0.3) is 0 Å². The fourth-order valence-electron chi connectivity index (χ4n) is 1.02. The molecule has 0 rings (SSSR count). The summed E-state index contributed by atoms with van der Waals surface area (Å²) >= 11 is 0. The van der Waals surface area contributed by atoms with Gasteiger partial charge in [0.2, 0.25) is 5.91 Å². The van der Waals surface area contributed by atoms with E-state index in [4.69, 9.17) is 5.11 Å². The molecule has 0 radical (unpaired) electrons. The molecule has 0 aliphatic rings. The van der Waals surface area contributed by atoms with Crippen LogP contribution in [0.5, 0.6) is 0 Å². The maximum atomic E-state index is 11.2. The molecule has 1 unspecified atom stereocenters. The minimum absolute atomic E-state index is 0.173. The van der Waals surface area contributed by atoms with Crippen LogP contribution in [0.3, 0.4) is 0 Å². The Morgan fingerprint density at radius 1 is 1.36 bits per heavy atom. The van der Waals surface area contributed by atoms with E-state index in [1.165, 1.54) is 0 Å². The van der Waals surface area contributed by atoms with Crippen molar-refractivity contribution in [2.45, 2.75) is 46.1 Å². The average Bonchev–Trinajstić information content (AvgIpc) is 2.10. The first-order valence-electron chi connectivity index (χ1n) is 4.99. The Bertz CT molecular complexity index is 202. The van der Waals surface area contributed by atoms with Gasteiger partial charge < -0.3 is 10.4 Å². The Labute approximate surface area is 84.7 Å². The van der Waals surface area contributed by atoms with Gasteiger partial charge in [0.1, 0.15) is 6.04 Å². The zero-order valence-electron chi connectivity index (χ0n) is 9.04. The van der Waals surface area contributed by atoms with Crippen LogP contribution in [0.1, 0.15) is 40.0 Å². The molecular formula is C10H19NO3. The Kier molecular flexibility index (Phi) is 5.92. The average molecular weight is 201 g/mol. The third kappa shape index (κ3) is 5.56. The highest BCUT2D eigenvalue weighted by atomic mass is 16.4. The number of carboxylic acids is 1. The van der Waals surface area contributed by atoms with Crippen LogP contribution in [0, 0.1) is 5.92 Å². The van der Waals surface area contributed by atoms with E-state index in [-0.39, 0.29) is 5.91 Å². The molecule has 0 saturated heterocycles. The minimum Gasteiger partial charge on any atom is -0.480 e. The molecule has 4 heteroatoms. The van der Waals surface area contributed by atoms with Gasteiger partial charge in [-0.15, -0.1) is 0 Å². The Morgan fingerprint density at radius 3 is 2.29 bits per heavy atom. The van der Waals surface area contributed by atoms with E-state index in [9.17, 15) is 9.59 Å². The van der Waals surface area contributed by atoms with E-state index in [0.29, 0.717) is 18.8 Å². The lowest BCUT2D eigenvalue weighted by molar-refractivity contribution is -0.141. The number of carboxylic acid groups (broad SMARTS) is 1. The highest BCUT2D eigenvalue weighted by Crippen LogP contribution is 2.03. The van der Waals surface area contributed by atoms with E-state index in [1.54, 1.807) is 6.92 Å². The molecule has 0 aliphatic heterocycles. The van der Waals surface area contributed by atoms with Crippen molar-refractivity contribution in [2.24, 2.45) is 5.92 Å². The molecule has 0 saturated carbocycles. The lowest BCUT2D eigenvalue weighted by Crippen LogP contribution is -2.40. The van der Waals surface area contributed by atoms with Crippen LogP contribution >= 0.6 is 0 Å². The molecule has 1 atom stereocenters. The summed E-state index contributed by atoms with van der Waals surface area (Å²) in [6.45, 7) is 5.80. The second-order valence-corrected chi connectivity index (χ2v) is 3.80. The minimum atomic E-state index is -0.967. The molecule has 0 bridgehead atoms. The second-order valence-electron chi connectivity index (χ2n) is 3.80. The van der Waals surface area contributed by atoms with E-state index < -0.39 is 12.0 Å². The summed E-state index contributed by atoms with van der Waals surface area (Å²) in [5.41, 5.74) is 0. The van der Waals surface area contributed by atoms with Crippen molar-refractivity contribution in [3.05, 3.63) is 0 Å². The van der Waals surface area contributed by atoms with Crippen molar-refractivity contribution >= 4 is 11.9 Å². The normalized spacial score (nSPS) is 12.6. The molecule has 14 heavy (non-hydrogen) atoms. The first-order valence-corrected chi connectivity index (χ1v) is 4.99. The maximum absolute atomic E-state index is 11.2. The standard InChI is InChI=1S/C10H19NO3/c1-4-8(10(13)14)11-9(12)6-5-7(2)3/h7-8H,4-6H2,1-3H3,(H,11,12)(H,13,14). The molecule has 1 amide bonds. The molecule has 0 fully saturated rings. The first-order chi connectivity index (χ1) is 6.47. The highest BCUT2D eigenvalue weighted by molar-refractivity contribution is 5.83. The maximum Gasteiger partial charge on any atom is 0.326 e. The van der Waals surface area contributed by atoms with Gasteiger partial charge in [0, 0.05) is 6.42 Å². The number of amides is 1. The topological polar surface area (TPSA) is 66.4 Å². The van der Waals surface area contributed by atoms with E-state index in [2.05, 4.69) is 5.32 Å². The summed E-state index contributed by atoms with van der Waals surface area (Å²) in [5, 5.41) is 11.2. The van der Waals surface area contributed by atoms with Crippen molar-refractivity contribution in [3.63, 3.8) is 0 Å². The predicted octanol–water partition coefficient (Wildman–Crippen LogP) is 1.40. The Hall–Kier alpha value is -1.06. The van der Waals surface area contributed by atoms with Crippen LogP contribution in [0.25, 0.3) is 0 Å². The summed E-state index contributed by atoms with van der Waals surface area (Å²) in [4.78, 5) is 21.8. The summed E-state index contributed by atoms with van der Waals surface area (Å²) in [6.07, 6.45) is 1.62. The van der Waals surface area contributed by atoms with Crippen LogP contribution in [-0.2, 0) is 9.59 Å². The van der Waals surface area contributed by atoms with Gasteiger partial charge in [-0.25, -0.2) is 4.79 Å². The number of nitrogens with one attached hydrogen (secondary N) is 1.